The molecule has 91 heavy (non-hydrogen) atoms. The second kappa shape index (κ2) is 32.7. The van der Waals surface area contributed by atoms with Crippen LogP contribution in [0.15, 0.2) is 131 Å². The first-order valence-corrected chi connectivity index (χ1v) is 32.1. The van der Waals surface area contributed by atoms with Gasteiger partial charge in [0.05, 0.1) is 50.7 Å². The van der Waals surface area contributed by atoms with Crippen molar-refractivity contribution < 1.29 is 47.4 Å². The smallest absolute Gasteiger partial charge is 0.330 e. The standard InChI is InChI=1S/C69H80N9O12P/c1-45(2)78(46(3)4)91(41-17-36-70)90-57-42-62(89-58(57)44-88-69(48-19-10-8-11-20-48,49-24-28-51(86-6)29-25-49)50-26-30-52(87-7)31-27-50)77-43-47(67(84)76-68(77)85)18-16-38-74-59(79)23-12-9-15-37-73-60(80)34-35-61(81)75-40-39-72-56-33-32-55(71-5)63-64(56)66(83)54-22-14-13-21-53(54)65(63)82/h8,10-11,13-14,19-22,24-33,43,45-46,57-58,62,71-72H,9,12,15,17,23,34-35,37-42,44H2,1-7H3,(H,73,80)(H,74,79)(H,75,81)(H,76,84,85)/t57-,58+,62+,91?/m0/s1. The van der Waals surface area contributed by atoms with Crippen LogP contribution in [0.5, 0.6) is 11.5 Å². The van der Waals surface area contributed by atoms with E-state index in [2.05, 4.69) is 81.8 Å². The number of rotatable bonds is 31. The van der Waals surface area contributed by atoms with Gasteiger partial charge in [-0.2, -0.15) is 5.26 Å². The van der Waals surface area contributed by atoms with Crippen molar-refractivity contribution in [1.82, 2.24) is 30.2 Å². The molecule has 478 valence electrons. The van der Waals surface area contributed by atoms with Crippen LogP contribution in [0.1, 0.15) is 139 Å². The van der Waals surface area contributed by atoms with E-state index in [0.717, 1.165) is 16.7 Å². The summed E-state index contributed by atoms with van der Waals surface area (Å²) in [7, 11) is 3.53. The van der Waals surface area contributed by atoms with Crippen molar-refractivity contribution in [1.29, 1.82) is 5.26 Å². The molecule has 0 bridgehead atoms. The van der Waals surface area contributed by atoms with E-state index in [4.69, 9.17) is 23.5 Å². The average molecular weight is 1260 g/mol. The first-order chi connectivity index (χ1) is 44.0. The average Bonchev–Trinajstić information content (AvgIpc) is 1.37. The Morgan fingerprint density at radius 2 is 1.29 bits per heavy atom. The lowest BCUT2D eigenvalue weighted by Gasteiger charge is -2.40. The van der Waals surface area contributed by atoms with Crippen molar-refractivity contribution in [3.63, 3.8) is 0 Å². The molecule has 0 radical (unpaired) electrons. The molecule has 1 fully saturated rings. The summed E-state index contributed by atoms with van der Waals surface area (Å²) < 4.78 is 36.0. The summed E-state index contributed by atoms with van der Waals surface area (Å²) in [5, 5.41) is 24.3. The quantitative estimate of drug-likeness (QED) is 0.0103. The Kier molecular flexibility index (Phi) is 24.4. The second-order valence-electron chi connectivity index (χ2n) is 22.5. The van der Waals surface area contributed by atoms with Crippen LogP contribution in [0, 0.1) is 23.2 Å². The zero-order chi connectivity index (χ0) is 65.0. The van der Waals surface area contributed by atoms with Gasteiger partial charge in [0, 0.05) is 106 Å². The Morgan fingerprint density at radius 1 is 0.714 bits per heavy atom. The number of ketones is 2. The number of nitriles is 1. The number of benzene rings is 5. The van der Waals surface area contributed by atoms with E-state index in [-0.39, 0.29) is 111 Å². The normalized spacial score (nSPS) is 15.4. The minimum absolute atomic E-state index is 0.0121. The van der Waals surface area contributed by atoms with Gasteiger partial charge < -0.3 is 50.1 Å². The van der Waals surface area contributed by atoms with Crippen LogP contribution in [0.25, 0.3) is 0 Å². The van der Waals surface area contributed by atoms with E-state index < -0.39 is 43.6 Å². The number of methoxy groups -OCH3 is 2. The molecule has 2 aliphatic rings. The monoisotopic (exact) mass is 1260 g/mol. The maximum atomic E-state index is 13.8. The van der Waals surface area contributed by atoms with Gasteiger partial charge in [-0.05, 0) is 93.6 Å². The summed E-state index contributed by atoms with van der Waals surface area (Å²) in [5.74, 6) is 5.63. The van der Waals surface area contributed by atoms with Gasteiger partial charge in [0.25, 0.3) is 5.56 Å². The van der Waals surface area contributed by atoms with Crippen LogP contribution in [-0.2, 0) is 34.0 Å². The number of nitrogens with one attached hydrogen (secondary N) is 6. The fraction of sp³-hybridized carbons (Fsp3) is 0.391. The van der Waals surface area contributed by atoms with Gasteiger partial charge in [-0.15, -0.1) is 0 Å². The molecule has 1 unspecified atom stereocenters. The number of hydrogen-bond donors (Lipinski definition) is 6. The largest absolute Gasteiger partial charge is 0.497 e. The van der Waals surface area contributed by atoms with Gasteiger partial charge in [0.2, 0.25) is 17.7 Å². The summed E-state index contributed by atoms with van der Waals surface area (Å²) in [6.45, 7) is 9.11. The van der Waals surface area contributed by atoms with E-state index >= 15 is 0 Å². The third-order valence-electron chi connectivity index (χ3n) is 15.8. The number of fused-ring (bicyclic) bond motifs is 2. The number of aromatic nitrogens is 2. The Bertz CT molecular complexity index is 3690. The van der Waals surface area contributed by atoms with Crippen molar-refractivity contribution >= 4 is 49.0 Å². The molecule has 6 N–H and O–H groups in total. The summed E-state index contributed by atoms with van der Waals surface area (Å²) in [4.78, 5) is 94.3. The summed E-state index contributed by atoms with van der Waals surface area (Å²) in [5.41, 5.74) is 2.06. The highest BCUT2D eigenvalue weighted by atomic mass is 31.2. The number of aromatic amines is 1. The molecule has 1 aliphatic heterocycles. The van der Waals surface area contributed by atoms with Crippen LogP contribution in [-0.4, -0.2) is 128 Å². The van der Waals surface area contributed by atoms with Crippen molar-refractivity contribution in [3.05, 3.63) is 187 Å². The maximum absolute atomic E-state index is 13.8. The maximum Gasteiger partial charge on any atom is 0.330 e. The lowest BCUT2D eigenvalue weighted by atomic mass is 9.80. The molecular weight excluding hydrogens is 1180 g/mol. The first-order valence-electron chi connectivity index (χ1n) is 30.7. The van der Waals surface area contributed by atoms with Crippen molar-refractivity contribution in [2.75, 3.05) is 70.8 Å². The van der Waals surface area contributed by atoms with Crippen LogP contribution in [0.3, 0.4) is 0 Å². The molecule has 1 aromatic heterocycles. The third-order valence-corrected chi connectivity index (χ3v) is 18.3. The van der Waals surface area contributed by atoms with Crippen LogP contribution in [0.2, 0.25) is 0 Å². The minimum Gasteiger partial charge on any atom is -0.497 e. The minimum atomic E-state index is -1.37. The highest BCUT2D eigenvalue weighted by Crippen LogP contribution is 2.50. The molecule has 22 heteroatoms. The number of anilines is 2. The van der Waals surface area contributed by atoms with E-state index in [9.17, 15) is 38.8 Å². The summed E-state index contributed by atoms with van der Waals surface area (Å²) in [6, 6.07) is 37.8. The fourth-order valence-corrected chi connectivity index (χ4v) is 13.7. The van der Waals surface area contributed by atoms with Crippen LogP contribution >= 0.6 is 8.30 Å². The van der Waals surface area contributed by atoms with Crippen molar-refractivity contribution in [2.45, 2.75) is 115 Å². The first kappa shape index (κ1) is 68.0. The van der Waals surface area contributed by atoms with Gasteiger partial charge in [-0.25, -0.2) is 4.79 Å². The molecule has 8 rings (SSSR count). The molecule has 3 amide bonds. The molecule has 0 spiro atoms. The van der Waals surface area contributed by atoms with Gasteiger partial charge in [-0.3, -0.25) is 43.0 Å². The zero-order valence-electron chi connectivity index (χ0n) is 52.5. The van der Waals surface area contributed by atoms with E-state index in [1.807, 2.05) is 78.9 Å². The lowest BCUT2D eigenvalue weighted by Crippen LogP contribution is -2.39. The van der Waals surface area contributed by atoms with Crippen molar-refractivity contribution in [3.8, 4) is 29.4 Å². The number of ether oxygens (including phenoxy) is 4. The second-order valence-corrected chi connectivity index (χ2v) is 24.3. The van der Waals surface area contributed by atoms with Crippen molar-refractivity contribution in [2.24, 2.45) is 0 Å². The summed E-state index contributed by atoms with van der Waals surface area (Å²) >= 11 is 0. The Hall–Kier alpha value is -8.95. The predicted molar refractivity (Wildman–Crippen MR) is 349 cm³/mol. The van der Waals surface area contributed by atoms with Gasteiger partial charge in [-0.1, -0.05) is 97.1 Å². The number of unbranched alkanes of at least 4 members (excludes halogenated alkanes) is 2. The highest BCUT2D eigenvalue weighted by Gasteiger charge is 2.45. The Morgan fingerprint density at radius 3 is 1.88 bits per heavy atom. The van der Waals surface area contributed by atoms with E-state index in [1.54, 1.807) is 57.7 Å². The molecule has 1 aliphatic carbocycles. The summed E-state index contributed by atoms with van der Waals surface area (Å²) in [6.07, 6.45) is 1.85. The number of carbonyl (C=O) groups excluding carboxylic acids is 5. The number of hydrogen-bond acceptors (Lipinski definition) is 16. The number of carbonyl (C=O) groups is 5. The molecule has 21 nitrogen and oxygen atoms in total. The van der Waals surface area contributed by atoms with Crippen LogP contribution in [0.4, 0.5) is 11.4 Å². The number of nitrogens with zero attached hydrogens (tertiary/aromatic N) is 3. The number of amides is 3. The lowest BCUT2D eigenvalue weighted by molar-refractivity contribution is -0.126. The van der Waals surface area contributed by atoms with Gasteiger partial charge in [0.15, 0.2) is 11.6 Å². The zero-order valence-corrected chi connectivity index (χ0v) is 53.4. The topological polar surface area (TPSA) is 274 Å². The predicted octanol–water partition coefficient (Wildman–Crippen LogP) is 8.55. The molecule has 6 aromatic rings. The van der Waals surface area contributed by atoms with Crippen LogP contribution < -0.4 is 47.3 Å². The number of H-pyrrole nitrogens is 1. The van der Waals surface area contributed by atoms with Gasteiger partial charge >= 0.3 is 5.69 Å². The van der Waals surface area contributed by atoms with Gasteiger partial charge in [0.1, 0.15) is 43.3 Å². The fourth-order valence-electron chi connectivity index (χ4n) is 11.4. The Labute approximate surface area is 531 Å². The highest BCUT2D eigenvalue weighted by molar-refractivity contribution is 7.50. The third kappa shape index (κ3) is 16.9. The SMILES string of the molecule is CNc1ccc(NCCNC(=O)CCC(=O)NCCCCCC(=O)NCC#Cc2cn([C@H]3C[C@H](OP(CCC#N)N(C(C)C)C(C)C)[C@@H](COC(c4ccccc4)(c4ccc(OC)cc4)c4ccc(OC)cc4)O3)c(=O)[nH]c2=O)c2c1C(=O)c1ccccc1C2=O. The molecule has 1 saturated heterocycles. The molecule has 0 saturated carbocycles. The molecule has 5 aromatic carbocycles. The Balaban J connectivity index is 0.837. The van der Waals surface area contributed by atoms with E-state index in [1.165, 1.54) is 10.8 Å². The van der Waals surface area contributed by atoms with E-state index in [0.29, 0.717) is 71.5 Å². The molecule has 2 heterocycles. The molecule has 4 atom stereocenters. The molecular formula is C69H80N9O12P.